The zero-order valence-corrected chi connectivity index (χ0v) is 71.2. The van der Waals surface area contributed by atoms with E-state index in [9.17, 15) is 0 Å². The number of nitrogens with zero attached hydrogens (tertiary/aromatic N) is 19. The van der Waals surface area contributed by atoms with Crippen molar-refractivity contribution in [3.05, 3.63) is 308 Å². The highest BCUT2D eigenvalue weighted by Crippen LogP contribution is 2.37. The van der Waals surface area contributed by atoms with E-state index in [0.29, 0.717) is 0 Å². The van der Waals surface area contributed by atoms with Crippen LogP contribution in [-0.2, 0) is 0 Å². The highest BCUT2D eigenvalue weighted by molar-refractivity contribution is 7.08. The molecule has 0 unspecified atom stereocenters. The molecule has 122 heavy (non-hydrogen) atoms. The Morgan fingerprint density at radius 3 is 0.910 bits per heavy atom. The molecule has 4 aliphatic rings. The number of likely N-dealkylation sites (N-methyl/N-ethyl adjacent to an activating group) is 4. The minimum atomic E-state index is 0.948. The summed E-state index contributed by atoms with van der Waals surface area (Å²) in [7, 11) is 8.76. The van der Waals surface area contributed by atoms with Gasteiger partial charge in [-0.2, -0.15) is 11.3 Å². The zero-order valence-electron chi connectivity index (χ0n) is 70.4. The third-order valence-electron chi connectivity index (χ3n) is 24.7. The van der Waals surface area contributed by atoms with Crippen LogP contribution in [0.25, 0.3) is 134 Å². The number of rotatable bonds is 12. The molecular formula is C102H101N19S. The van der Waals surface area contributed by atoms with Crippen molar-refractivity contribution in [2.45, 2.75) is 20.8 Å². The zero-order chi connectivity index (χ0) is 82.7. The van der Waals surface area contributed by atoms with Gasteiger partial charge in [-0.05, 0) is 238 Å². The molecule has 0 N–H and O–H groups in total. The van der Waals surface area contributed by atoms with E-state index in [0.717, 1.165) is 206 Å². The third kappa shape index (κ3) is 16.8. The number of thiophene rings is 1. The first-order valence-electron chi connectivity index (χ1n) is 42.5. The van der Waals surface area contributed by atoms with Crippen molar-refractivity contribution in [1.29, 1.82) is 0 Å². The average Bonchev–Trinajstić information content (AvgIpc) is 1.64. The number of benzene rings is 6. The molecular weight excluding hydrogens is 1520 g/mol. The molecule has 4 aliphatic heterocycles. The van der Waals surface area contributed by atoms with Crippen molar-refractivity contribution >= 4 is 78.5 Å². The van der Waals surface area contributed by atoms with E-state index in [-0.39, 0.29) is 0 Å². The number of piperazine rings is 4. The van der Waals surface area contributed by atoms with E-state index in [4.69, 9.17) is 9.97 Å². The molecule has 16 heterocycles. The SMILES string of the molecule is CN1CCN(c2ccc(-c3ccn4c(-c5ccsc5)cnc4c3)cc2)CC1.Cc1cc(-c2cnc3cc(-c4ccc(N5CCN(C)CC5)cc4)ccn23)c2ccccc2n1.Cc1cc(-c2cnc3cc(-c4ccc(N5CCN(C)CC5)cc4)ccn23)c2ccccc2n1.Cc1cnccc1-c1cnc2cc(-c3ccc(N4CCN(C)CC4)cc3)ccn12. The molecule has 0 saturated carbocycles. The second-order valence-electron chi connectivity index (χ2n) is 32.9. The minimum absolute atomic E-state index is 0.948. The molecule has 0 radical (unpaired) electrons. The summed E-state index contributed by atoms with van der Waals surface area (Å²) in [5.74, 6) is 0. The number of fused-ring (bicyclic) bond motifs is 6. The van der Waals surface area contributed by atoms with Crippen molar-refractivity contribution in [1.82, 2.24) is 72.1 Å². The van der Waals surface area contributed by atoms with Crippen LogP contribution in [0.2, 0.25) is 0 Å². The lowest BCUT2D eigenvalue weighted by molar-refractivity contribution is 0.313. The molecule has 22 rings (SSSR count). The van der Waals surface area contributed by atoms with Gasteiger partial charge in [0.05, 0.1) is 58.6 Å². The highest BCUT2D eigenvalue weighted by Gasteiger charge is 2.22. The van der Waals surface area contributed by atoms with Crippen molar-refractivity contribution in [3.63, 3.8) is 0 Å². The van der Waals surface area contributed by atoms with E-state index in [2.05, 4.69) is 353 Å². The fraction of sp³-hybridized carbons (Fsp3) is 0.225. The summed E-state index contributed by atoms with van der Waals surface area (Å²) < 4.78 is 8.64. The molecule has 0 aliphatic carbocycles. The topological polar surface area (TPSA) is 134 Å². The Morgan fingerprint density at radius 2 is 0.590 bits per heavy atom. The number of imidazole rings is 4. The van der Waals surface area contributed by atoms with Crippen molar-refractivity contribution in [2.75, 3.05) is 153 Å². The first-order chi connectivity index (χ1) is 59.8. The van der Waals surface area contributed by atoms with Crippen LogP contribution in [0.4, 0.5) is 22.7 Å². The molecule has 0 bridgehead atoms. The number of aryl methyl sites for hydroxylation is 3. The maximum absolute atomic E-state index is 4.75. The first kappa shape index (κ1) is 78.6. The second-order valence-corrected chi connectivity index (χ2v) is 33.6. The fourth-order valence-electron chi connectivity index (χ4n) is 17.4. The predicted molar refractivity (Wildman–Crippen MR) is 504 cm³/mol. The van der Waals surface area contributed by atoms with Crippen LogP contribution in [0.1, 0.15) is 17.0 Å². The lowest BCUT2D eigenvalue weighted by atomic mass is 10.0. The van der Waals surface area contributed by atoms with E-state index >= 15 is 0 Å². The summed E-state index contributed by atoms with van der Waals surface area (Å²) in [5, 5.41) is 6.56. The second kappa shape index (κ2) is 34.9. The van der Waals surface area contributed by atoms with Crippen LogP contribution >= 0.6 is 11.3 Å². The van der Waals surface area contributed by atoms with Gasteiger partial charge in [0.15, 0.2) is 0 Å². The average molecular weight is 1630 g/mol. The maximum atomic E-state index is 4.75. The van der Waals surface area contributed by atoms with Gasteiger partial charge in [-0.1, -0.05) is 84.9 Å². The molecule has 4 saturated heterocycles. The van der Waals surface area contributed by atoms with Crippen LogP contribution in [0.15, 0.2) is 291 Å². The first-order valence-corrected chi connectivity index (χ1v) is 43.4. The minimum Gasteiger partial charge on any atom is -0.369 e. The molecule has 0 amide bonds. The molecule has 0 spiro atoms. The number of para-hydroxylation sites is 2. The summed E-state index contributed by atoms with van der Waals surface area (Å²) in [6, 6.07) is 78.2. The fourth-order valence-corrected chi connectivity index (χ4v) is 18.0. The predicted octanol–water partition coefficient (Wildman–Crippen LogP) is 19.2. The van der Waals surface area contributed by atoms with Crippen LogP contribution in [0, 0.1) is 20.8 Å². The van der Waals surface area contributed by atoms with E-state index < -0.39 is 0 Å². The Labute approximate surface area is 717 Å². The van der Waals surface area contributed by atoms with E-state index in [1.807, 2.05) is 69.2 Å². The number of hydrogen-bond acceptors (Lipinski definition) is 16. The van der Waals surface area contributed by atoms with Crippen LogP contribution < -0.4 is 19.6 Å². The van der Waals surface area contributed by atoms with Gasteiger partial charge in [-0.25, -0.2) is 19.9 Å². The molecule has 0 atom stereocenters. The summed E-state index contributed by atoms with van der Waals surface area (Å²) in [4.78, 5) is 51.7. The lowest BCUT2D eigenvalue weighted by Crippen LogP contribution is -2.44. The van der Waals surface area contributed by atoms with Gasteiger partial charge in [0.25, 0.3) is 0 Å². The van der Waals surface area contributed by atoms with E-state index in [1.54, 1.807) is 11.3 Å². The van der Waals surface area contributed by atoms with Crippen molar-refractivity contribution < 1.29 is 0 Å². The number of pyridine rings is 7. The van der Waals surface area contributed by atoms with Crippen LogP contribution in [0.3, 0.4) is 0 Å². The Hall–Kier alpha value is -13.2. The molecule has 18 aromatic rings. The Kier molecular flexibility index (Phi) is 22.5. The molecule has 610 valence electrons. The maximum Gasteiger partial charge on any atom is 0.137 e. The third-order valence-corrected chi connectivity index (χ3v) is 25.4. The number of anilines is 4. The summed E-state index contributed by atoms with van der Waals surface area (Å²) >= 11 is 1.71. The van der Waals surface area contributed by atoms with Gasteiger partial charge in [-0.3, -0.25) is 32.6 Å². The lowest BCUT2D eigenvalue weighted by Gasteiger charge is -2.34. The van der Waals surface area contributed by atoms with E-state index in [1.165, 1.54) is 72.8 Å². The molecule has 12 aromatic heterocycles. The summed E-state index contributed by atoms with van der Waals surface area (Å²) in [5.41, 5.74) is 33.0. The molecule has 20 heteroatoms. The number of aromatic nitrogens is 11. The van der Waals surface area contributed by atoms with Crippen LogP contribution in [0.5, 0.6) is 0 Å². The molecule has 4 fully saturated rings. The number of hydrogen-bond donors (Lipinski definition) is 0. The van der Waals surface area contributed by atoms with Gasteiger partial charge in [0.1, 0.15) is 22.6 Å². The van der Waals surface area contributed by atoms with Gasteiger partial charge in [0.2, 0.25) is 0 Å². The van der Waals surface area contributed by atoms with Crippen molar-refractivity contribution in [2.24, 2.45) is 0 Å². The monoisotopic (exact) mass is 1620 g/mol. The summed E-state index contributed by atoms with van der Waals surface area (Å²) in [6.07, 6.45) is 20.1. The van der Waals surface area contributed by atoms with Gasteiger partial charge >= 0.3 is 0 Å². The van der Waals surface area contributed by atoms with Gasteiger partial charge in [-0.15, -0.1) is 0 Å². The van der Waals surface area contributed by atoms with Gasteiger partial charge in [0, 0.05) is 214 Å². The largest absolute Gasteiger partial charge is 0.369 e. The molecule has 6 aromatic carbocycles. The molecule has 19 nitrogen and oxygen atoms in total. The Bertz CT molecular complexity index is 6450. The standard InChI is InChI=1S/2C28H27N5.C24H25N5.C22H22N4S/c2*1-20-17-25(24-5-3-4-6-26(24)30-20)27-19-29-28-18-22(11-12-33(27)28)21-7-9-23(10-8-21)32-15-13-31(2)14-16-32;1-18-16-25-9-7-22(18)23-17-26-24-15-20(8-10-29(23)24)19-3-5-21(6-4-19)28-13-11-27(2)12-14-28;1-24-9-11-25(12-10-24)20-4-2-17(3-5-20)18-6-8-26-21(15-23-22(26)14-18)19-7-13-27-16-19/h2*3-12,17-19H,13-16H2,1-2H3;3-10,15-17H,11-14H2,1-2H3;2-8,13-16H,9-12H2,1H3. The highest BCUT2D eigenvalue weighted by atomic mass is 32.1. The van der Waals surface area contributed by atoms with Crippen LogP contribution in [-0.4, -0.2) is 205 Å². The quantitative estimate of drug-likeness (QED) is 0.115. The van der Waals surface area contributed by atoms with Crippen molar-refractivity contribution in [3.8, 4) is 89.5 Å². The normalized spacial score (nSPS) is 15.1. The van der Waals surface area contributed by atoms with Gasteiger partial charge < -0.3 is 39.2 Å². The smallest absolute Gasteiger partial charge is 0.137 e. The summed E-state index contributed by atoms with van der Waals surface area (Å²) in [6.45, 7) is 23.9. The Morgan fingerprint density at radius 1 is 0.279 bits per heavy atom. The Balaban J connectivity index is 0.000000107.